The van der Waals surface area contributed by atoms with Crippen molar-refractivity contribution in [1.29, 1.82) is 4.78 Å². The summed E-state index contributed by atoms with van der Waals surface area (Å²) in [5.41, 5.74) is 0.553. The van der Waals surface area contributed by atoms with Gasteiger partial charge in [0.05, 0.1) is 23.2 Å². The van der Waals surface area contributed by atoms with Gasteiger partial charge in [-0.05, 0) is 22.3 Å². The van der Waals surface area contributed by atoms with Crippen LogP contribution in [0.1, 0.15) is 21.5 Å². The minimum absolute atomic E-state index is 0.234. The average molecular weight is 366 g/mol. The number of hydrogen-bond donors (Lipinski definition) is 1. The summed E-state index contributed by atoms with van der Waals surface area (Å²) < 4.78 is 47.5. The predicted octanol–water partition coefficient (Wildman–Crippen LogP) is 3.45. The number of hydrogen-bond acceptors (Lipinski definition) is 5. The summed E-state index contributed by atoms with van der Waals surface area (Å²) in [6, 6.07) is 9.88. The molecule has 2 aromatic rings. The largest absolute Gasteiger partial charge is 0.417 e. The van der Waals surface area contributed by atoms with Crippen LogP contribution in [-0.2, 0) is 23.4 Å². The van der Waals surface area contributed by atoms with E-state index in [2.05, 4.69) is 10.1 Å². The van der Waals surface area contributed by atoms with Gasteiger partial charge in [0.25, 0.3) is 0 Å². The van der Waals surface area contributed by atoms with Crippen LogP contribution >= 0.6 is 0 Å². The Morgan fingerprint density at radius 1 is 1.24 bits per heavy atom. The van der Waals surface area contributed by atoms with Crippen LogP contribution in [0.2, 0.25) is 0 Å². The van der Waals surface area contributed by atoms with Crippen molar-refractivity contribution >= 4 is 22.0 Å². The molecule has 5 nitrogen and oxygen atoms in total. The minimum Gasteiger partial charge on any atom is -0.291 e. The van der Waals surface area contributed by atoms with Crippen molar-refractivity contribution in [2.24, 2.45) is 5.10 Å². The van der Waals surface area contributed by atoms with Gasteiger partial charge in [0.15, 0.2) is 5.37 Å². The van der Waals surface area contributed by atoms with E-state index in [1.54, 1.807) is 0 Å². The highest BCUT2D eigenvalue weighted by Gasteiger charge is 2.40. The number of carbonyl (C=O) groups excluding carboxylic acids is 1. The lowest BCUT2D eigenvalue weighted by Crippen LogP contribution is -2.37. The third-order valence-corrected chi connectivity index (χ3v) is 4.88. The highest BCUT2D eigenvalue weighted by Crippen LogP contribution is 2.33. The van der Waals surface area contributed by atoms with Crippen LogP contribution < -0.4 is 0 Å². The smallest absolute Gasteiger partial charge is 0.291 e. The second kappa shape index (κ2) is 6.75. The number of nitrogens with one attached hydrogen (secondary N) is 1. The van der Waals surface area contributed by atoms with Gasteiger partial charge < -0.3 is 0 Å². The molecule has 130 valence electrons. The van der Waals surface area contributed by atoms with E-state index in [-0.39, 0.29) is 6.54 Å². The summed E-state index contributed by atoms with van der Waals surface area (Å²) in [5, 5.41) is 4.31. The first-order chi connectivity index (χ1) is 11.9. The third kappa shape index (κ3) is 3.60. The Balaban J connectivity index is 1.92. The molecular formula is C16H13F3N4OS. The maximum Gasteiger partial charge on any atom is 0.417 e. The van der Waals surface area contributed by atoms with Crippen molar-refractivity contribution in [3.8, 4) is 0 Å². The maximum absolute atomic E-state index is 13.2. The molecule has 2 unspecified atom stereocenters. The third-order valence-electron chi connectivity index (χ3n) is 3.62. The lowest BCUT2D eigenvalue weighted by molar-refractivity contribution is -0.138. The zero-order chi connectivity index (χ0) is 18.0. The van der Waals surface area contributed by atoms with Crippen LogP contribution in [0.25, 0.3) is 0 Å². The predicted molar refractivity (Wildman–Crippen MR) is 87.9 cm³/mol. The van der Waals surface area contributed by atoms with Crippen LogP contribution in [0.3, 0.4) is 0 Å². The molecule has 2 atom stereocenters. The summed E-state index contributed by atoms with van der Waals surface area (Å²) >= 11 is 0. The van der Waals surface area contributed by atoms with E-state index >= 15 is 0 Å². The Bertz CT molecular complexity index is 839. The molecule has 1 aliphatic rings. The number of Topliss-reactive ketones (excluding diaryl/α,β-unsaturated/α-hetero) is 1. The van der Waals surface area contributed by atoms with Gasteiger partial charge in [-0.2, -0.15) is 18.3 Å². The highest BCUT2D eigenvalue weighted by atomic mass is 32.2. The Labute approximate surface area is 144 Å². The van der Waals surface area contributed by atoms with Crippen LogP contribution in [0.5, 0.6) is 0 Å². The molecule has 1 aromatic carbocycles. The van der Waals surface area contributed by atoms with Crippen molar-refractivity contribution in [3.05, 3.63) is 65.5 Å². The van der Waals surface area contributed by atoms with Crippen molar-refractivity contribution in [2.75, 3.05) is 0 Å². The Hall–Kier alpha value is -2.55. The van der Waals surface area contributed by atoms with Gasteiger partial charge in [0, 0.05) is 12.4 Å². The molecule has 25 heavy (non-hydrogen) atoms. The number of rotatable bonds is 4. The first-order valence-electron chi connectivity index (χ1n) is 7.21. The second-order valence-corrected chi connectivity index (χ2v) is 6.71. The zero-order valence-electron chi connectivity index (χ0n) is 12.8. The Morgan fingerprint density at radius 2 is 1.96 bits per heavy atom. The van der Waals surface area contributed by atoms with E-state index < -0.39 is 39.2 Å². The quantitative estimate of drug-likeness (QED) is 0.843. The first kappa shape index (κ1) is 17.3. The SMILES string of the molecule is N=S1C=NN(Cc2ccccc2)C1C(=O)c1cnccc1C(F)(F)F. The van der Waals surface area contributed by atoms with E-state index in [0.29, 0.717) is 0 Å². The summed E-state index contributed by atoms with van der Waals surface area (Å²) in [7, 11) is -1.34. The normalized spacial score (nSPS) is 20.0. The molecule has 0 radical (unpaired) electrons. The van der Waals surface area contributed by atoms with Crippen LogP contribution in [-0.4, -0.2) is 26.7 Å². The summed E-state index contributed by atoms with van der Waals surface area (Å²) in [4.78, 5) is 16.4. The molecule has 0 fully saturated rings. The van der Waals surface area contributed by atoms with Gasteiger partial charge in [0.1, 0.15) is 0 Å². The summed E-state index contributed by atoms with van der Waals surface area (Å²) in [5.74, 6) is -0.799. The van der Waals surface area contributed by atoms with E-state index in [4.69, 9.17) is 4.78 Å². The molecule has 0 bridgehead atoms. The molecule has 2 heterocycles. The fourth-order valence-electron chi connectivity index (χ4n) is 2.48. The van der Waals surface area contributed by atoms with Crippen molar-refractivity contribution in [3.63, 3.8) is 0 Å². The molecular weight excluding hydrogens is 353 g/mol. The molecule has 0 aliphatic carbocycles. The summed E-state index contributed by atoms with van der Waals surface area (Å²) in [6.45, 7) is 0.234. The fourth-order valence-corrected chi connectivity index (χ4v) is 3.56. The number of halogens is 3. The number of carbonyl (C=O) groups is 1. The number of nitrogens with zero attached hydrogens (tertiary/aromatic N) is 3. The van der Waals surface area contributed by atoms with E-state index in [1.165, 1.54) is 10.6 Å². The number of alkyl halides is 3. The topological polar surface area (TPSA) is 69.4 Å². The molecule has 0 saturated carbocycles. The number of hydrazone groups is 1. The van der Waals surface area contributed by atoms with E-state index in [0.717, 1.165) is 24.0 Å². The number of aromatic nitrogens is 1. The van der Waals surface area contributed by atoms with Gasteiger partial charge in [-0.25, -0.2) is 0 Å². The van der Waals surface area contributed by atoms with Gasteiger partial charge in [-0.15, -0.1) is 0 Å². The van der Waals surface area contributed by atoms with Crippen LogP contribution in [0.15, 0.2) is 53.9 Å². The van der Waals surface area contributed by atoms with Crippen molar-refractivity contribution in [2.45, 2.75) is 18.1 Å². The van der Waals surface area contributed by atoms with Gasteiger partial charge in [0.2, 0.25) is 5.78 Å². The van der Waals surface area contributed by atoms with E-state index in [9.17, 15) is 18.0 Å². The van der Waals surface area contributed by atoms with Crippen LogP contribution in [0, 0.1) is 4.78 Å². The molecule has 1 aliphatic heterocycles. The second-order valence-electron chi connectivity index (χ2n) is 5.31. The minimum atomic E-state index is -4.67. The van der Waals surface area contributed by atoms with Gasteiger partial charge in [-0.3, -0.25) is 19.6 Å². The lowest BCUT2D eigenvalue weighted by atomic mass is 10.1. The molecule has 0 amide bonds. The Morgan fingerprint density at radius 3 is 2.64 bits per heavy atom. The fraction of sp³-hybridized carbons (Fsp3) is 0.188. The summed E-state index contributed by atoms with van der Waals surface area (Å²) in [6.07, 6.45) is -2.77. The maximum atomic E-state index is 13.2. The number of benzene rings is 1. The van der Waals surface area contributed by atoms with E-state index in [1.807, 2.05) is 30.3 Å². The standard InChI is InChI=1S/C16H13F3N4OS/c17-16(18,19)13-6-7-21-8-12(13)14(24)15-23(22-10-25(15)20)9-11-4-2-1-3-5-11/h1-8,10,15,20H,9H2. The molecule has 1 aromatic heterocycles. The molecule has 0 saturated heterocycles. The Kier molecular flexibility index (Phi) is 4.67. The molecule has 1 N–H and O–H groups in total. The first-order valence-corrected chi connectivity index (χ1v) is 8.56. The number of ketones is 1. The molecule has 9 heteroatoms. The van der Waals surface area contributed by atoms with Crippen molar-refractivity contribution in [1.82, 2.24) is 9.99 Å². The van der Waals surface area contributed by atoms with Crippen LogP contribution in [0.4, 0.5) is 13.2 Å². The molecule has 0 spiro atoms. The van der Waals surface area contributed by atoms with Crippen molar-refractivity contribution < 1.29 is 18.0 Å². The zero-order valence-corrected chi connectivity index (χ0v) is 13.6. The highest BCUT2D eigenvalue weighted by molar-refractivity contribution is 8.00. The average Bonchev–Trinajstić information content (AvgIpc) is 2.95. The molecule has 3 rings (SSSR count). The monoisotopic (exact) mass is 366 g/mol. The number of pyridine rings is 1. The van der Waals surface area contributed by atoms with Gasteiger partial charge >= 0.3 is 6.18 Å². The van der Waals surface area contributed by atoms with Gasteiger partial charge in [-0.1, -0.05) is 30.3 Å². The lowest BCUT2D eigenvalue weighted by Gasteiger charge is -2.23.